The maximum Gasteiger partial charge on any atom is 0.416 e. The second-order valence-corrected chi connectivity index (χ2v) is 5.15. The minimum atomic E-state index is -4.44. The smallest absolute Gasteiger partial charge is 0.416 e. The normalized spacial score (nSPS) is 19.2. The first-order valence-electron chi connectivity index (χ1n) is 7.07. The van der Waals surface area contributed by atoms with E-state index in [4.69, 9.17) is 9.47 Å². The van der Waals surface area contributed by atoms with Crippen molar-refractivity contribution in [3.63, 3.8) is 0 Å². The lowest BCUT2D eigenvalue weighted by molar-refractivity contribution is -0.162. The van der Waals surface area contributed by atoms with Crippen molar-refractivity contribution in [2.45, 2.75) is 38.1 Å². The van der Waals surface area contributed by atoms with Crippen molar-refractivity contribution < 1.29 is 32.2 Å². The summed E-state index contributed by atoms with van der Waals surface area (Å²) in [5.74, 6) is -1.24. The largest absolute Gasteiger partial charge is 0.451 e. The zero-order chi connectivity index (χ0) is 17.0. The maximum atomic E-state index is 12.4. The monoisotopic (exact) mass is 331 g/mol. The summed E-state index contributed by atoms with van der Waals surface area (Å²) in [5, 5.41) is 2.39. The zero-order valence-corrected chi connectivity index (χ0v) is 12.4. The van der Waals surface area contributed by atoms with Crippen molar-refractivity contribution in [1.82, 2.24) is 0 Å². The van der Waals surface area contributed by atoms with Crippen LogP contribution in [-0.2, 0) is 25.2 Å². The van der Waals surface area contributed by atoms with Crippen molar-refractivity contribution >= 4 is 17.6 Å². The number of rotatable bonds is 4. The van der Waals surface area contributed by atoms with Gasteiger partial charge in [0.25, 0.3) is 5.91 Å². The molecule has 0 aliphatic carbocycles. The number of hydrogen-bond acceptors (Lipinski definition) is 4. The number of esters is 1. The molecule has 8 heteroatoms. The lowest BCUT2D eigenvalue weighted by Gasteiger charge is -2.16. The van der Waals surface area contributed by atoms with Gasteiger partial charge in [-0.05, 0) is 44.0 Å². The molecule has 126 valence electrons. The molecule has 0 radical (unpaired) electrons. The first kappa shape index (κ1) is 17.3. The van der Waals surface area contributed by atoms with E-state index in [2.05, 4.69) is 5.32 Å². The van der Waals surface area contributed by atoms with E-state index in [1.807, 2.05) is 0 Å². The summed E-state index contributed by atoms with van der Waals surface area (Å²) in [6.07, 6.45) is -4.87. The molecule has 1 saturated heterocycles. The van der Waals surface area contributed by atoms with Crippen molar-refractivity contribution in [2.24, 2.45) is 0 Å². The number of ether oxygens (including phenoxy) is 2. The molecule has 1 aromatic carbocycles. The van der Waals surface area contributed by atoms with E-state index in [-0.39, 0.29) is 5.69 Å². The summed E-state index contributed by atoms with van der Waals surface area (Å²) < 4.78 is 47.5. The van der Waals surface area contributed by atoms with Gasteiger partial charge in [-0.3, -0.25) is 4.79 Å². The molecule has 0 unspecified atom stereocenters. The van der Waals surface area contributed by atoms with Gasteiger partial charge in [0.05, 0.1) is 5.56 Å². The van der Waals surface area contributed by atoms with Gasteiger partial charge in [-0.1, -0.05) is 0 Å². The van der Waals surface area contributed by atoms with Crippen molar-refractivity contribution in [1.29, 1.82) is 0 Å². The van der Waals surface area contributed by atoms with Gasteiger partial charge in [-0.25, -0.2) is 4.79 Å². The molecule has 1 N–H and O–H groups in total. The molecule has 1 aliphatic rings. The van der Waals surface area contributed by atoms with E-state index in [9.17, 15) is 22.8 Å². The van der Waals surface area contributed by atoms with Crippen molar-refractivity contribution in [3.05, 3.63) is 29.8 Å². The topological polar surface area (TPSA) is 64.6 Å². The fourth-order valence-electron chi connectivity index (χ4n) is 2.05. The van der Waals surface area contributed by atoms with Crippen LogP contribution in [0.3, 0.4) is 0 Å². The Morgan fingerprint density at radius 2 is 1.96 bits per heavy atom. The Hall–Kier alpha value is -2.09. The van der Waals surface area contributed by atoms with Crippen LogP contribution < -0.4 is 5.32 Å². The van der Waals surface area contributed by atoms with E-state index in [0.29, 0.717) is 13.0 Å². The summed E-state index contributed by atoms with van der Waals surface area (Å²) in [7, 11) is 0. The zero-order valence-electron chi connectivity index (χ0n) is 12.4. The quantitative estimate of drug-likeness (QED) is 0.862. The fraction of sp³-hybridized carbons (Fsp3) is 0.467. The number of halogens is 3. The predicted molar refractivity (Wildman–Crippen MR) is 74.6 cm³/mol. The summed E-state index contributed by atoms with van der Waals surface area (Å²) in [6.45, 7) is 1.86. The van der Waals surface area contributed by atoms with Crippen molar-refractivity contribution in [2.75, 3.05) is 11.9 Å². The van der Waals surface area contributed by atoms with Crippen LogP contribution >= 0.6 is 0 Å². The van der Waals surface area contributed by atoms with Gasteiger partial charge in [0.2, 0.25) is 0 Å². The first-order chi connectivity index (χ1) is 10.8. The molecule has 0 saturated carbocycles. The Balaban J connectivity index is 1.89. The number of carbonyl (C=O) groups excluding carboxylic acids is 2. The van der Waals surface area contributed by atoms with Gasteiger partial charge in [0, 0.05) is 12.3 Å². The molecule has 1 heterocycles. The fourth-order valence-corrected chi connectivity index (χ4v) is 2.05. The standard InChI is InChI=1S/C15H16F3NO4/c1-9(23-14(21)12-3-2-8-22-12)13(20)19-11-6-4-10(5-7-11)15(16,17)18/h4-7,9,12H,2-3,8H2,1H3,(H,19,20)/t9-,12+/m1/s1. The van der Waals surface area contributed by atoms with Crippen LogP contribution in [0.4, 0.5) is 18.9 Å². The van der Waals surface area contributed by atoms with Crippen LogP contribution in [0.1, 0.15) is 25.3 Å². The van der Waals surface area contributed by atoms with Gasteiger partial charge < -0.3 is 14.8 Å². The minimum Gasteiger partial charge on any atom is -0.451 e. The number of nitrogens with one attached hydrogen (secondary N) is 1. The van der Waals surface area contributed by atoms with Crippen LogP contribution in [0.5, 0.6) is 0 Å². The summed E-state index contributed by atoms with van der Waals surface area (Å²) >= 11 is 0. The second-order valence-electron chi connectivity index (χ2n) is 5.15. The molecule has 0 bridgehead atoms. The molecule has 2 rings (SSSR count). The van der Waals surface area contributed by atoms with Crippen LogP contribution in [0.15, 0.2) is 24.3 Å². The third kappa shape index (κ3) is 4.69. The molecule has 5 nitrogen and oxygen atoms in total. The highest BCUT2D eigenvalue weighted by Crippen LogP contribution is 2.29. The van der Waals surface area contributed by atoms with E-state index < -0.39 is 35.8 Å². The summed E-state index contributed by atoms with van der Waals surface area (Å²) in [5.41, 5.74) is -0.628. The molecule has 23 heavy (non-hydrogen) atoms. The molecule has 0 aromatic heterocycles. The summed E-state index contributed by atoms with van der Waals surface area (Å²) in [6, 6.07) is 3.99. The molecular weight excluding hydrogens is 315 g/mol. The molecular formula is C15H16F3NO4. The van der Waals surface area contributed by atoms with Gasteiger partial charge in [-0.2, -0.15) is 13.2 Å². The first-order valence-corrected chi connectivity index (χ1v) is 7.07. The van der Waals surface area contributed by atoms with Crippen LogP contribution in [-0.4, -0.2) is 30.7 Å². The van der Waals surface area contributed by atoms with Gasteiger partial charge in [0.15, 0.2) is 12.2 Å². The average Bonchev–Trinajstić information content (AvgIpc) is 3.01. The van der Waals surface area contributed by atoms with Crippen molar-refractivity contribution in [3.8, 4) is 0 Å². The highest BCUT2D eigenvalue weighted by molar-refractivity contribution is 5.95. The number of anilines is 1. The Bertz CT molecular complexity index is 565. The van der Waals surface area contributed by atoms with Crippen LogP contribution in [0, 0.1) is 0 Å². The second kappa shape index (κ2) is 6.99. The average molecular weight is 331 g/mol. The van der Waals surface area contributed by atoms with E-state index in [1.165, 1.54) is 6.92 Å². The number of benzene rings is 1. The minimum absolute atomic E-state index is 0.183. The Morgan fingerprint density at radius 3 is 2.48 bits per heavy atom. The van der Waals surface area contributed by atoms with Gasteiger partial charge in [0.1, 0.15) is 0 Å². The number of amides is 1. The summed E-state index contributed by atoms with van der Waals surface area (Å²) in [4.78, 5) is 23.6. The lowest BCUT2D eigenvalue weighted by Crippen LogP contribution is -2.34. The highest BCUT2D eigenvalue weighted by Gasteiger charge is 2.30. The Kier molecular flexibility index (Phi) is 5.25. The number of alkyl halides is 3. The molecule has 1 amide bonds. The molecule has 2 atom stereocenters. The Labute approximate surface area is 130 Å². The lowest BCUT2D eigenvalue weighted by atomic mass is 10.2. The van der Waals surface area contributed by atoms with Crippen LogP contribution in [0.2, 0.25) is 0 Å². The molecule has 1 fully saturated rings. The van der Waals surface area contributed by atoms with E-state index in [1.54, 1.807) is 0 Å². The number of carbonyl (C=O) groups is 2. The third-order valence-electron chi connectivity index (χ3n) is 3.33. The molecule has 0 spiro atoms. The third-order valence-corrected chi connectivity index (χ3v) is 3.33. The Morgan fingerprint density at radius 1 is 1.30 bits per heavy atom. The predicted octanol–water partition coefficient (Wildman–Crippen LogP) is 2.75. The van der Waals surface area contributed by atoms with Crippen LogP contribution in [0.25, 0.3) is 0 Å². The molecule has 1 aliphatic heterocycles. The van der Waals surface area contributed by atoms with E-state index >= 15 is 0 Å². The number of hydrogen-bond donors (Lipinski definition) is 1. The van der Waals surface area contributed by atoms with E-state index in [0.717, 1.165) is 30.7 Å². The van der Waals surface area contributed by atoms with Gasteiger partial charge >= 0.3 is 12.1 Å². The SMILES string of the molecule is C[C@@H](OC(=O)[C@@H]1CCCO1)C(=O)Nc1ccc(C(F)(F)F)cc1. The van der Waals surface area contributed by atoms with Gasteiger partial charge in [-0.15, -0.1) is 0 Å². The highest BCUT2D eigenvalue weighted by atomic mass is 19.4. The molecule has 1 aromatic rings. The maximum absolute atomic E-state index is 12.4.